The maximum atomic E-state index is 12.7. The van der Waals surface area contributed by atoms with Gasteiger partial charge in [-0.25, -0.2) is 0 Å². The Balaban J connectivity index is 1.72. The zero-order valence-corrected chi connectivity index (χ0v) is 16.0. The predicted octanol–water partition coefficient (Wildman–Crippen LogP) is 4.32. The van der Waals surface area contributed by atoms with Crippen molar-refractivity contribution in [1.82, 2.24) is 9.97 Å². The normalized spacial score (nSPS) is 11.9. The smallest absolute Gasteiger partial charge is 0.258 e. The highest BCUT2D eigenvalue weighted by molar-refractivity contribution is 5.60. The van der Waals surface area contributed by atoms with Crippen LogP contribution in [0.3, 0.4) is 0 Å². The number of hydrogen-bond acceptors (Lipinski definition) is 5. The SMILES string of the molecule is CCCOc1cccc(-c2nc3c(c(=O)[nH]2)Cc2cccc(OCC)c2O3)c1. The van der Waals surface area contributed by atoms with Crippen molar-refractivity contribution in [2.45, 2.75) is 26.7 Å². The summed E-state index contributed by atoms with van der Waals surface area (Å²) in [5.41, 5.74) is 1.99. The summed E-state index contributed by atoms with van der Waals surface area (Å²) in [7, 11) is 0. The molecular weight excluding hydrogens is 356 g/mol. The van der Waals surface area contributed by atoms with E-state index in [1.807, 2.05) is 49.4 Å². The lowest BCUT2D eigenvalue weighted by Gasteiger charge is -2.21. The van der Waals surface area contributed by atoms with Gasteiger partial charge in [0.05, 0.1) is 18.8 Å². The van der Waals surface area contributed by atoms with Crippen LogP contribution in [0.2, 0.25) is 0 Å². The summed E-state index contributed by atoms with van der Waals surface area (Å²) in [6, 6.07) is 13.2. The minimum Gasteiger partial charge on any atom is -0.494 e. The maximum absolute atomic E-state index is 12.7. The average Bonchev–Trinajstić information content (AvgIpc) is 2.72. The fourth-order valence-electron chi connectivity index (χ4n) is 3.18. The second-order valence-electron chi connectivity index (χ2n) is 6.53. The monoisotopic (exact) mass is 378 g/mol. The molecule has 0 radical (unpaired) electrons. The number of nitrogens with one attached hydrogen (secondary N) is 1. The average molecular weight is 378 g/mol. The molecule has 0 saturated heterocycles. The Bertz CT molecular complexity index is 1060. The number of rotatable bonds is 6. The number of H-pyrrole nitrogens is 1. The van der Waals surface area contributed by atoms with Crippen LogP contribution in [-0.2, 0) is 6.42 Å². The molecule has 2 heterocycles. The van der Waals surface area contributed by atoms with Crippen molar-refractivity contribution in [2.75, 3.05) is 13.2 Å². The fraction of sp³-hybridized carbons (Fsp3) is 0.273. The fourth-order valence-corrected chi connectivity index (χ4v) is 3.18. The number of para-hydroxylation sites is 1. The first-order chi connectivity index (χ1) is 13.7. The van der Waals surface area contributed by atoms with Gasteiger partial charge in [-0.05, 0) is 31.5 Å². The van der Waals surface area contributed by atoms with Gasteiger partial charge in [-0.1, -0.05) is 31.2 Å². The molecule has 144 valence electrons. The van der Waals surface area contributed by atoms with Crippen LogP contribution in [0.5, 0.6) is 23.1 Å². The Kier molecular flexibility index (Phi) is 5.02. The molecule has 6 nitrogen and oxygen atoms in total. The molecule has 0 saturated carbocycles. The minimum absolute atomic E-state index is 0.202. The van der Waals surface area contributed by atoms with E-state index in [1.165, 1.54) is 0 Å². The van der Waals surface area contributed by atoms with E-state index < -0.39 is 0 Å². The molecule has 0 fully saturated rings. The minimum atomic E-state index is -0.202. The number of nitrogens with zero attached hydrogens (tertiary/aromatic N) is 1. The first-order valence-corrected chi connectivity index (χ1v) is 9.48. The first-order valence-electron chi connectivity index (χ1n) is 9.48. The lowest BCUT2D eigenvalue weighted by Crippen LogP contribution is -2.20. The highest BCUT2D eigenvalue weighted by atomic mass is 16.5. The molecule has 1 aliphatic rings. The molecule has 1 aliphatic heterocycles. The van der Waals surface area contributed by atoms with Gasteiger partial charge in [-0.3, -0.25) is 4.79 Å². The second kappa shape index (κ2) is 7.76. The van der Waals surface area contributed by atoms with Crippen LogP contribution < -0.4 is 19.8 Å². The number of benzene rings is 2. The molecule has 0 spiro atoms. The Morgan fingerprint density at radius 2 is 2.00 bits per heavy atom. The summed E-state index contributed by atoms with van der Waals surface area (Å²) in [6.45, 7) is 5.14. The predicted molar refractivity (Wildman–Crippen MR) is 107 cm³/mol. The number of aromatic nitrogens is 2. The van der Waals surface area contributed by atoms with Crippen LogP contribution in [0.4, 0.5) is 0 Å². The Morgan fingerprint density at radius 1 is 1.14 bits per heavy atom. The molecule has 4 rings (SSSR count). The third-order valence-electron chi connectivity index (χ3n) is 4.48. The maximum Gasteiger partial charge on any atom is 0.258 e. The third kappa shape index (κ3) is 3.45. The second-order valence-corrected chi connectivity index (χ2v) is 6.53. The number of fused-ring (bicyclic) bond motifs is 2. The van der Waals surface area contributed by atoms with E-state index in [1.54, 1.807) is 0 Å². The largest absolute Gasteiger partial charge is 0.494 e. The van der Waals surface area contributed by atoms with Crippen molar-refractivity contribution >= 4 is 0 Å². The van der Waals surface area contributed by atoms with Gasteiger partial charge in [0.1, 0.15) is 11.6 Å². The summed E-state index contributed by atoms with van der Waals surface area (Å²) < 4.78 is 17.4. The lowest BCUT2D eigenvalue weighted by molar-refractivity contribution is 0.315. The van der Waals surface area contributed by atoms with Gasteiger partial charge >= 0.3 is 0 Å². The van der Waals surface area contributed by atoms with E-state index in [0.717, 1.165) is 23.3 Å². The molecule has 2 aromatic carbocycles. The van der Waals surface area contributed by atoms with Crippen molar-refractivity contribution in [3.63, 3.8) is 0 Å². The topological polar surface area (TPSA) is 73.4 Å². The molecule has 6 heteroatoms. The van der Waals surface area contributed by atoms with E-state index in [4.69, 9.17) is 14.2 Å². The van der Waals surface area contributed by atoms with E-state index in [0.29, 0.717) is 48.4 Å². The van der Waals surface area contributed by atoms with Crippen molar-refractivity contribution in [1.29, 1.82) is 0 Å². The van der Waals surface area contributed by atoms with Gasteiger partial charge in [0.2, 0.25) is 5.88 Å². The Labute approximate surface area is 163 Å². The quantitative estimate of drug-likeness (QED) is 0.541. The molecule has 28 heavy (non-hydrogen) atoms. The summed E-state index contributed by atoms with van der Waals surface area (Å²) in [5.74, 6) is 2.79. The van der Waals surface area contributed by atoms with E-state index in [2.05, 4.69) is 16.9 Å². The van der Waals surface area contributed by atoms with Crippen LogP contribution in [-0.4, -0.2) is 23.2 Å². The molecule has 0 atom stereocenters. The van der Waals surface area contributed by atoms with Crippen LogP contribution >= 0.6 is 0 Å². The van der Waals surface area contributed by atoms with Crippen LogP contribution in [0.25, 0.3) is 11.4 Å². The van der Waals surface area contributed by atoms with Gasteiger partial charge < -0.3 is 19.2 Å². The van der Waals surface area contributed by atoms with E-state index in [9.17, 15) is 4.79 Å². The molecule has 1 aromatic heterocycles. The van der Waals surface area contributed by atoms with Crippen molar-refractivity contribution in [3.8, 4) is 34.5 Å². The van der Waals surface area contributed by atoms with Gasteiger partial charge in [0, 0.05) is 17.5 Å². The highest BCUT2D eigenvalue weighted by Gasteiger charge is 2.25. The standard InChI is InChI=1S/C22H22N2O4/c1-3-11-27-16-9-5-8-15(12-16)20-23-21(25)17-13-14-7-6-10-18(26-4-2)19(14)28-22(17)24-20/h5-10,12H,3-4,11,13H2,1-2H3,(H,23,24,25). The van der Waals surface area contributed by atoms with Crippen LogP contribution in [0, 0.1) is 0 Å². The first kappa shape index (κ1) is 18.1. The molecule has 0 aliphatic carbocycles. The van der Waals surface area contributed by atoms with E-state index >= 15 is 0 Å². The summed E-state index contributed by atoms with van der Waals surface area (Å²) >= 11 is 0. The summed E-state index contributed by atoms with van der Waals surface area (Å²) in [5, 5.41) is 0. The van der Waals surface area contributed by atoms with Gasteiger partial charge in [-0.2, -0.15) is 4.98 Å². The Hall–Kier alpha value is -3.28. The van der Waals surface area contributed by atoms with Crippen molar-refractivity contribution < 1.29 is 14.2 Å². The molecule has 0 unspecified atom stereocenters. The van der Waals surface area contributed by atoms with Crippen molar-refractivity contribution in [2.24, 2.45) is 0 Å². The van der Waals surface area contributed by atoms with Gasteiger partial charge in [0.15, 0.2) is 11.5 Å². The van der Waals surface area contributed by atoms with Gasteiger partial charge in [0.25, 0.3) is 5.56 Å². The van der Waals surface area contributed by atoms with Crippen molar-refractivity contribution in [3.05, 3.63) is 63.9 Å². The number of hydrogen-bond donors (Lipinski definition) is 1. The number of ether oxygens (including phenoxy) is 3. The molecule has 0 bridgehead atoms. The highest BCUT2D eigenvalue weighted by Crippen LogP contribution is 2.40. The third-order valence-corrected chi connectivity index (χ3v) is 4.48. The number of aromatic amines is 1. The summed E-state index contributed by atoms with van der Waals surface area (Å²) in [4.78, 5) is 20.1. The molecule has 3 aromatic rings. The van der Waals surface area contributed by atoms with Gasteiger partial charge in [-0.15, -0.1) is 0 Å². The Morgan fingerprint density at radius 3 is 2.82 bits per heavy atom. The zero-order valence-electron chi connectivity index (χ0n) is 16.0. The molecule has 1 N–H and O–H groups in total. The van der Waals surface area contributed by atoms with E-state index in [-0.39, 0.29) is 5.56 Å². The van der Waals surface area contributed by atoms with Crippen LogP contribution in [0.1, 0.15) is 31.4 Å². The lowest BCUT2D eigenvalue weighted by atomic mass is 10.0. The molecular formula is C22H22N2O4. The molecule has 0 amide bonds. The zero-order chi connectivity index (χ0) is 19.5. The van der Waals surface area contributed by atoms with Crippen LogP contribution in [0.15, 0.2) is 47.3 Å². The summed E-state index contributed by atoms with van der Waals surface area (Å²) in [6.07, 6.45) is 1.38.